The van der Waals surface area contributed by atoms with Crippen molar-refractivity contribution in [1.29, 1.82) is 0 Å². The highest BCUT2D eigenvalue weighted by atomic mass is 15.2. The Balaban J connectivity index is 1.13. The van der Waals surface area contributed by atoms with E-state index < -0.39 is 173 Å². The van der Waals surface area contributed by atoms with Gasteiger partial charge < -0.3 is 18.9 Å². The highest BCUT2D eigenvalue weighted by Crippen LogP contribution is 2.55. The Morgan fingerprint density at radius 1 is 0.266 bits per heavy atom. The summed E-state index contributed by atoms with van der Waals surface area (Å²) in [5, 5.41) is -1.42. The molecule has 2 aliphatic rings. The number of para-hydroxylation sites is 6. The van der Waals surface area contributed by atoms with Crippen LogP contribution in [0.5, 0.6) is 0 Å². The van der Waals surface area contributed by atoms with E-state index in [0.29, 0.717) is 72.5 Å². The Morgan fingerprint density at radius 2 is 0.523 bits per heavy atom. The number of rotatable bonds is 9. The van der Waals surface area contributed by atoms with Crippen LogP contribution in [-0.2, 0) is 27.1 Å². The zero-order valence-electron chi connectivity index (χ0n) is 86.0. The Labute approximate surface area is 675 Å². The maximum Gasteiger partial charge on any atom is 0.252 e. The Bertz CT molecular complexity index is 6930. The molecule has 2 aliphatic heterocycles. The van der Waals surface area contributed by atoms with Crippen LogP contribution in [0.25, 0.3) is 111 Å². The third-order valence-corrected chi connectivity index (χ3v) is 21.9. The predicted octanol–water partition coefficient (Wildman–Crippen LogP) is 26.8. The maximum absolute atomic E-state index is 11.9. The molecule has 0 amide bonds. The Kier molecular flexibility index (Phi) is 11.4. The summed E-state index contributed by atoms with van der Waals surface area (Å²) in [5.41, 5.74) is 7.49. The van der Waals surface area contributed by atoms with E-state index >= 15 is 0 Å². The SMILES string of the molecule is [2H]c1c([2H])c(-n2c3c([2H])c([2H])c([2H])c([2H])c3c3c([2H])c([2H])c([2H])c([2H])c32)c([2H])c2c1B1c3c(cc(-c4ccc(C(C)(C)C)cc4)cc3N(c3c(-c4ccc(C(C)(C)C)cc4)cccc3-c3ccc(C(C)(C)C)cc3)c3c([2H])c(-n4c5c([2H])c([2H])c([2H])c([2H])c5c5c([2H])c([2H])c([2H])c([2H])c54)c([2H])c([2H])c31)N2c1c(-c2ccc(C(C)(C)C)cc2)cccc1-c1ccc(C(C)(C)C)cc1. The van der Waals surface area contributed by atoms with Crippen LogP contribution in [0.4, 0.5) is 34.1 Å². The van der Waals surface area contributed by atoms with Gasteiger partial charge in [0.15, 0.2) is 0 Å². The largest absolute Gasteiger partial charge is 0.310 e. The quantitative estimate of drug-likeness (QED) is 0.134. The van der Waals surface area contributed by atoms with E-state index in [1.807, 2.05) is 131 Å². The maximum atomic E-state index is 11.9. The van der Waals surface area contributed by atoms with E-state index in [1.165, 1.54) is 0 Å². The van der Waals surface area contributed by atoms with Gasteiger partial charge in [-0.2, -0.15) is 0 Å². The van der Waals surface area contributed by atoms with Crippen molar-refractivity contribution in [3.63, 3.8) is 0 Å². The molecule has 0 fully saturated rings. The topological polar surface area (TPSA) is 16.3 Å². The minimum atomic E-state index is -1.68. The fourth-order valence-corrected chi connectivity index (χ4v) is 15.9. The van der Waals surface area contributed by atoms with Crippen molar-refractivity contribution in [2.75, 3.05) is 9.80 Å². The number of nitrogens with zero attached hydrogens (tertiary/aromatic N) is 4. The van der Waals surface area contributed by atoms with Crippen molar-refractivity contribution in [3.05, 3.63) is 331 Å². The molecule has 0 N–H and O–H groups in total. The van der Waals surface area contributed by atoms with Crippen molar-refractivity contribution in [1.82, 2.24) is 9.13 Å². The number of anilines is 6. The summed E-state index contributed by atoms with van der Waals surface area (Å²) in [5.74, 6) is 0. The van der Waals surface area contributed by atoms with Gasteiger partial charge in [-0.1, -0.05) is 346 Å². The summed E-state index contributed by atoms with van der Waals surface area (Å²) < 4.78 is 224. The molecule has 4 nitrogen and oxygen atoms in total. The summed E-state index contributed by atoms with van der Waals surface area (Å²) in [4.78, 5) is 3.79. The third-order valence-electron chi connectivity index (χ3n) is 21.9. The molecular formula is C104H95BN4. The van der Waals surface area contributed by atoms with Gasteiger partial charge in [-0.3, -0.25) is 0 Å². The monoisotopic (exact) mass is 1430 g/mol. The van der Waals surface area contributed by atoms with Gasteiger partial charge >= 0.3 is 0 Å². The fraction of sp³-hybridized carbons (Fsp3) is 0.192. The first kappa shape index (κ1) is 48.6. The molecule has 109 heavy (non-hydrogen) atoms. The number of aromatic nitrogens is 2. The number of fused-ring (bicyclic) bond motifs is 10. The molecule has 0 spiro atoms. The molecule has 14 aromatic carbocycles. The van der Waals surface area contributed by atoms with Gasteiger partial charge in [0.25, 0.3) is 6.71 Å². The molecule has 534 valence electrons. The van der Waals surface area contributed by atoms with E-state index in [-0.39, 0.29) is 82.3 Å². The molecule has 5 heteroatoms. The number of hydrogen-bond acceptors (Lipinski definition) is 2. The molecule has 0 aliphatic carbocycles. The summed E-state index contributed by atoms with van der Waals surface area (Å²) in [7, 11) is 0. The van der Waals surface area contributed by atoms with Crippen molar-refractivity contribution >= 4 is 101 Å². The first-order valence-corrected chi connectivity index (χ1v) is 37.3. The van der Waals surface area contributed by atoms with Crippen LogP contribution in [0.15, 0.2) is 303 Å². The van der Waals surface area contributed by atoms with Crippen LogP contribution in [0.2, 0.25) is 0 Å². The second kappa shape index (κ2) is 25.5. The van der Waals surface area contributed by atoms with E-state index in [0.717, 1.165) is 37.0 Å². The lowest BCUT2D eigenvalue weighted by Crippen LogP contribution is -2.61. The van der Waals surface area contributed by atoms with Crippen molar-refractivity contribution in [2.45, 2.75) is 131 Å². The molecule has 4 heterocycles. The highest BCUT2D eigenvalue weighted by molar-refractivity contribution is 7.00. The molecule has 2 aromatic heterocycles. The zero-order chi connectivity index (χ0) is 94.5. The van der Waals surface area contributed by atoms with Gasteiger partial charge in [-0.25, -0.2) is 0 Å². The Morgan fingerprint density at radius 3 is 0.789 bits per heavy atom. The summed E-state index contributed by atoms with van der Waals surface area (Å²) in [6.45, 7) is 30.1. The van der Waals surface area contributed by atoms with Gasteiger partial charge in [-0.05, 0) is 165 Å². The van der Waals surface area contributed by atoms with E-state index in [4.69, 9.17) is 0 Å². The van der Waals surface area contributed by atoms with Gasteiger partial charge in [-0.15, -0.1) is 0 Å². The lowest BCUT2D eigenvalue weighted by atomic mass is 9.33. The van der Waals surface area contributed by atoms with E-state index in [9.17, 15) is 30.2 Å². The second-order valence-corrected chi connectivity index (χ2v) is 34.1. The van der Waals surface area contributed by atoms with Crippen molar-refractivity contribution in [2.24, 2.45) is 0 Å². The lowest BCUT2D eigenvalue weighted by molar-refractivity contribution is 0.590. The summed E-state index contributed by atoms with van der Waals surface area (Å²) >= 11 is 0. The molecule has 0 atom stereocenters. The van der Waals surface area contributed by atoms with Crippen LogP contribution in [-0.4, -0.2) is 15.8 Å². The summed E-state index contributed by atoms with van der Waals surface area (Å²) in [6.07, 6.45) is 0. The van der Waals surface area contributed by atoms with Gasteiger partial charge in [0.2, 0.25) is 0 Å². The predicted molar refractivity (Wildman–Crippen MR) is 470 cm³/mol. The van der Waals surface area contributed by atoms with Crippen LogP contribution >= 0.6 is 0 Å². The fourth-order valence-electron chi connectivity index (χ4n) is 15.9. The number of benzene rings is 14. The summed E-state index contributed by atoms with van der Waals surface area (Å²) in [6, 6.07) is 40.6. The van der Waals surface area contributed by atoms with E-state index in [1.54, 1.807) is 0 Å². The van der Waals surface area contributed by atoms with Crippen molar-refractivity contribution in [3.8, 4) is 67.0 Å². The lowest BCUT2D eigenvalue weighted by Gasteiger charge is -2.46. The van der Waals surface area contributed by atoms with Crippen LogP contribution in [0.3, 0.4) is 0 Å². The zero-order valence-corrected chi connectivity index (χ0v) is 64.0. The van der Waals surface area contributed by atoms with Crippen LogP contribution in [0.1, 0.15) is 162 Å². The molecule has 16 aromatic rings. The second-order valence-electron chi connectivity index (χ2n) is 34.1. The van der Waals surface area contributed by atoms with Gasteiger partial charge in [0.1, 0.15) is 0 Å². The smallest absolute Gasteiger partial charge is 0.252 e. The molecule has 0 saturated carbocycles. The molecule has 0 saturated heterocycles. The van der Waals surface area contributed by atoms with Crippen LogP contribution < -0.4 is 26.2 Å². The standard InChI is InChI=1S/C104H95BN4/c1-100(2,3)72-48-38-66(39-49-72)71-62-95-97-96(63-71)109(99-81(69-44-54-75(55-45-69)103(10,11)12)32-25-33-82(99)70-46-56-76(57-47-70)104(13,14)15)94-65-78(107-91-36-22-18-28-85(91)86-29-19-23-37-92(86)107)59-61-88(94)105(97)87-60-58-77(106-89-34-20-16-26-83(89)84-27-17-21-35-90(84)106)64-93(87)108(95)98-79(67-40-50-73(51-41-67)101(4,5)6)30-24-31-80(98)68-42-52-74(53-43-68)102(7,8)9/h16-65H,1-15H3/i16D,17D,18D,19D,20D,21D,22D,23D,26D,27D,28D,29D,34D,35D,36D,37D,58D,59D,60D,61D,64D,65D. The molecule has 18 rings (SSSR count). The highest BCUT2D eigenvalue weighted by Gasteiger charge is 2.46. The van der Waals surface area contributed by atoms with E-state index in [2.05, 4.69) is 152 Å². The third kappa shape index (κ3) is 11.7. The molecule has 0 radical (unpaired) electrons. The first-order valence-electron chi connectivity index (χ1n) is 48.3. The first-order chi connectivity index (χ1) is 61.4. The normalized spacial score (nSPS) is 16.0. The number of hydrogen-bond donors (Lipinski definition) is 0. The average molecular weight is 1430 g/mol. The van der Waals surface area contributed by atoms with Crippen LogP contribution in [0, 0.1) is 0 Å². The molecular weight excluding hydrogens is 1320 g/mol. The minimum Gasteiger partial charge on any atom is -0.310 e. The minimum absolute atomic E-state index is 0.165. The average Bonchev–Trinajstić information content (AvgIpc) is 1.50. The Hall–Kier alpha value is -11.7. The van der Waals surface area contributed by atoms with Gasteiger partial charge in [0.05, 0.1) is 63.6 Å². The molecule has 0 bridgehead atoms. The van der Waals surface area contributed by atoms with Crippen molar-refractivity contribution < 1.29 is 30.2 Å². The van der Waals surface area contributed by atoms with Gasteiger partial charge in [0, 0.05) is 77.9 Å². The molecule has 0 unspecified atom stereocenters.